The summed E-state index contributed by atoms with van der Waals surface area (Å²) in [5.74, 6) is -2.90. The first-order valence-electron chi connectivity index (χ1n) is 10.5. The van der Waals surface area contributed by atoms with E-state index in [-0.39, 0.29) is 65.5 Å². The Morgan fingerprint density at radius 2 is 1.59 bits per heavy atom. The number of carbonyl (C=O) groups is 3. The molecule has 0 aliphatic carbocycles. The average molecular weight is 650 g/mol. The normalized spacial score (nSPS) is 11.2. The third-order valence-electron chi connectivity index (χ3n) is 4.59. The zero-order valence-electron chi connectivity index (χ0n) is 19.7. The molecule has 4 rings (SSSR count). The summed E-state index contributed by atoms with van der Waals surface area (Å²) in [7, 11) is 0. The second-order valence-corrected chi connectivity index (χ2v) is 7.53. The summed E-state index contributed by atoms with van der Waals surface area (Å²) >= 11 is 8.46. The number of hydrogen-bond acceptors (Lipinski definition) is 8. The van der Waals surface area contributed by atoms with E-state index in [0.717, 1.165) is 5.69 Å². The van der Waals surface area contributed by atoms with Gasteiger partial charge in [-0.25, -0.2) is 19.4 Å². The second kappa shape index (κ2) is 16.7. The molecule has 0 atom stereocenters. The maximum atomic E-state index is 11.5. The van der Waals surface area contributed by atoms with Gasteiger partial charge in [0.2, 0.25) is 0 Å². The number of carboxylic acids is 3. The Bertz CT molecular complexity index is 1430. The van der Waals surface area contributed by atoms with Gasteiger partial charge in [0.1, 0.15) is 0 Å². The van der Waals surface area contributed by atoms with E-state index >= 15 is 0 Å². The van der Waals surface area contributed by atoms with Crippen LogP contribution in [0.5, 0.6) is 0 Å². The number of rotatable bonds is 6. The van der Waals surface area contributed by atoms with E-state index in [1.807, 2.05) is 18.2 Å². The molecule has 0 saturated heterocycles. The molecule has 0 amide bonds. The number of aliphatic carboxylic acids is 1. The maximum absolute atomic E-state index is 11.5. The molecule has 0 bridgehead atoms. The number of aromatic carboxylic acids is 2. The topological polar surface area (TPSA) is 187 Å². The van der Waals surface area contributed by atoms with Crippen molar-refractivity contribution in [3.05, 3.63) is 106 Å². The molecule has 1 radical (unpaired) electrons. The van der Waals surface area contributed by atoms with Gasteiger partial charge in [-0.1, -0.05) is 30.4 Å². The van der Waals surface area contributed by atoms with Crippen LogP contribution in [0.3, 0.4) is 0 Å². The van der Waals surface area contributed by atoms with Crippen LogP contribution in [-0.2, 0) is 42.7 Å². The molecule has 0 fully saturated rings. The van der Waals surface area contributed by atoms with Gasteiger partial charge in [-0.05, 0) is 36.4 Å². The Hall–Kier alpha value is -4.09. The zero-order valence-corrected chi connectivity index (χ0v) is 23.1. The third kappa shape index (κ3) is 10.3. The predicted octanol–water partition coefficient (Wildman–Crippen LogP) is 4.06. The predicted molar refractivity (Wildman–Crippen MR) is 145 cm³/mol. The standard InChI is InChI=1S/C18H12N3O6.C6H7NS.CNS.Ru/c22-16(23)9-1-3-19-12(5-9)14-7-11(18(26)27)8-15(21-14)13-6-10(17(24)25)2-4-20-13;8-5-6-3-1-2-4-7-6;2-1-3;/h1-3,5-8H,4H2,(H,22,23)(H,24,25)(H,26,27);1-4,8H,5H2;;/q-1;;-1;+3/p-1. The number of nitrogens with zero attached hydrogens (tertiary/aromatic N) is 5. The monoisotopic (exact) mass is 650 g/mol. The fourth-order valence-corrected chi connectivity index (χ4v) is 3.07. The SMILES string of the molecule is O=C(O)C1=CC[N-]C(c2cc(C(=O)O)cc(-c3cc(C(=O)O)ccn3)n2)=C1.[N-]=C=S.[Ru+3].[S-]Cc1ccccn1. The van der Waals surface area contributed by atoms with Crippen molar-refractivity contribution in [1.29, 1.82) is 0 Å². The Balaban J connectivity index is 0.000000532. The first-order chi connectivity index (χ1) is 18.2. The van der Waals surface area contributed by atoms with Crippen molar-refractivity contribution in [2.24, 2.45) is 0 Å². The van der Waals surface area contributed by atoms with Crippen molar-refractivity contribution >= 4 is 53.6 Å². The molecule has 3 aromatic rings. The van der Waals surface area contributed by atoms with Crippen molar-refractivity contribution < 1.29 is 49.2 Å². The number of carboxylic acid groups (broad SMARTS) is 3. The number of hydrogen-bond donors (Lipinski definition) is 3. The minimum Gasteiger partial charge on any atom is -0.787 e. The van der Waals surface area contributed by atoms with Gasteiger partial charge in [0, 0.05) is 23.8 Å². The summed E-state index contributed by atoms with van der Waals surface area (Å²) in [6.07, 6.45) is 5.75. The molecule has 4 heterocycles. The number of thiocarbonyl (C=S) groups is 1. The maximum Gasteiger partial charge on any atom is 3.00 e. The van der Waals surface area contributed by atoms with Gasteiger partial charge in [0.05, 0.1) is 28.1 Å². The molecular weight excluding hydrogens is 632 g/mol. The number of aromatic nitrogens is 3. The zero-order chi connectivity index (χ0) is 28.1. The van der Waals surface area contributed by atoms with E-state index in [2.05, 4.69) is 32.5 Å². The molecule has 0 unspecified atom stereocenters. The molecule has 199 valence electrons. The molecule has 3 N–H and O–H groups in total. The number of isothiocyanates is 1. The molecule has 0 saturated carbocycles. The molecule has 0 aromatic carbocycles. The summed E-state index contributed by atoms with van der Waals surface area (Å²) in [4.78, 5) is 46.1. The Labute approximate surface area is 246 Å². The van der Waals surface area contributed by atoms with Gasteiger partial charge in [-0.2, -0.15) is 5.16 Å². The summed E-state index contributed by atoms with van der Waals surface area (Å²) in [6, 6.07) is 10.9. The first-order valence-corrected chi connectivity index (χ1v) is 11.5. The van der Waals surface area contributed by atoms with Gasteiger partial charge in [-0.15, -0.1) is 18.0 Å². The fourth-order valence-electron chi connectivity index (χ4n) is 2.90. The van der Waals surface area contributed by atoms with Gasteiger partial charge < -0.3 is 38.7 Å². The minimum atomic E-state index is -1.22. The van der Waals surface area contributed by atoms with Crippen LogP contribution in [0.15, 0.2) is 72.6 Å². The Morgan fingerprint density at radius 1 is 0.949 bits per heavy atom. The molecule has 39 heavy (non-hydrogen) atoms. The van der Waals surface area contributed by atoms with Gasteiger partial charge in [0.15, 0.2) is 0 Å². The Morgan fingerprint density at radius 3 is 2.13 bits per heavy atom. The summed E-state index contributed by atoms with van der Waals surface area (Å²) < 4.78 is 0. The smallest absolute Gasteiger partial charge is 0.787 e. The van der Waals surface area contributed by atoms with E-state index in [0.29, 0.717) is 5.75 Å². The van der Waals surface area contributed by atoms with Crippen molar-refractivity contribution in [1.82, 2.24) is 15.0 Å². The quantitative estimate of drug-likeness (QED) is 0.151. The second-order valence-electron chi connectivity index (χ2n) is 7.06. The van der Waals surface area contributed by atoms with Crippen LogP contribution in [0.25, 0.3) is 27.8 Å². The molecule has 0 spiro atoms. The van der Waals surface area contributed by atoms with E-state index in [4.69, 9.17) is 28.3 Å². The van der Waals surface area contributed by atoms with Crippen LogP contribution in [-0.4, -0.2) is 59.9 Å². The summed E-state index contributed by atoms with van der Waals surface area (Å²) in [5.41, 5.74) is 1.53. The first kappa shape index (κ1) is 32.9. The largest absolute Gasteiger partial charge is 3.00 e. The Kier molecular flexibility index (Phi) is 14.1. The van der Waals surface area contributed by atoms with Gasteiger partial charge >= 0.3 is 37.4 Å². The average Bonchev–Trinajstić information content (AvgIpc) is 2.94. The van der Waals surface area contributed by atoms with Crippen LogP contribution in [0, 0.1) is 0 Å². The van der Waals surface area contributed by atoms with Crippen LogP contribution in [0.1, 0.15) is 32.1 Å². The van der Waals surface area contributed by atoms with E-state index in [1.54, 1.807) is 6.20 Å². The van der Waals surface area contributed by atoms with E-state index < -0.39 is 17.9 Å². The van der Waals surface area contributed by atoms with Gasteiger partial charge in [0.25, 0.3) is 0 Å². The molecule has 11 nitrogen and oxygen atoms in total. The summed E-state index contributed by atoms with van der Waals surface area (Å²) in [6.45, 7) is 0.120. The third-order valence-corrected chi connectivity index (χ3v) is 4.89. The van der Waals surface area contributed by atoms with Crippen molar-refractivity contribution in [2.45, 2.75) is 5.75 Å². The van der Waals surface area contributed by atoms with Crippen molar-refractivity contribution in [3.63, 3.8) is 0 Å². The van der Waals surface area contributed by atoms with Gasteiger partial charge in [-0.3, -0.25) is 9.97 Å². The van der Waals surface area contributed by atoms with Crippen molar-refractivity contribution in [2.75, 3.05) is 6.54 Å². The molecule has 1 aliphatic rings. The van der Waals surface area contributed by atoms with Crippen LogP contribution in [0.4, 0.5) is 0 Å². The molecule has 14 heteroatoms. The van der Waals surface area contributed by atoms with Crippen molar-refractivity contribution in [3.8, 4) is 11.4 Å². The molecule has 3 aromatic heterocycles. The van der Waals surface area contributed by atoms with Crippen LogP contribution in [0.2, 0.25) is 0 Å². The summed E-state index contributed by atoms with van der Waals surface area (Å²) in [5, 5.41) is 40.2. The number of pyridine rings is 3. The molecular formula is C25H18N5O6RuS2. The fraction of sp³-hybridized carbons (Fsp3) is 0.0800. The van der Waals surface area contributed by atoms with E-state index in [9.17, 15) is 19.5 Å². The van der Waals surface area contributed by atoms with Crippen LogP contribution >= 0.6 is 12.2 Å². The van der Waals surface area contributed by atoms with Crippen LogP contribution < -0.4 is 0 Å². The van der Waals surface area contributed by atoms with E-state index in [1.165, 1.54) is 47.8 Å². The molecule has 1 aliphatic heterocycles. The minimum absolute atomic E-state index is 0.